The Hall–Kier alpha value is -1.68. The third-order valence-electron chi connectivity index (χ3n) is 4.28. The van der Waals surface area contributed by atoms with Gasteiger partial charge in [-0.25, -0.2) is 0 Å². The minimum atomic E-state index is 0.230. The van der Waals surface area contributed by atoms with Crippen LogP contribution < -0.4 is 5.32 Å². The van der Waals surface area contributed by atoms with Gasteiger partial charge in [-0.05, 0) is 49.9 Å². The van der Waals surface area contributed by atoms with Crippen molar-refractivity contribution >= 4 is 0 Å². The monoisotopic (exact) mass is 285 g/mol. The van der Waals surface area contributed by atoms with E-state index in [1.165, 1.54) is 36.0 Å². The van der Waals surface area contributed by atoms with Crippen LogP contribution in [0.15, 0.2) is 22.7 Å². The smallest absolute Gasteiger partial charge is 0.243 e. The molecule has 0 spiro atoms. The van der Waals surface area contributed by atoms with Crippen LogP contribution in [0.25, 0.3) is 0 Å². The van der Waals surface area contributed by atoms with Crippen molar-refractivity contribution in [3.63, 3.8) is 0 Å². The molecular weight excluding hydrogens is 262 g/mol. The molecule has 0 amide bonds. The zero-order valence-electron chi connectivity index (χ0n) is 12.9. The molecule has 1 aromatic heterocycles. The number of rotatable bonds is 3. The summed E-state index contributed by atoms with van der Waals surface area (Å²) in [5.41, 5.74) is 3.86. The number of hydrogen-bond acceptors (Lipinski definition) is 4. The number of hydrogen-bond donors (Lipinski definition) is 1. The molecule has 1 aliphatic rings. The predicted molar refractivity (Wildman–Crippen MR) is 82.2 cm³/mol. The number of benzene rings is 1. The van der Waals surface area contributed by atoms with Gasteiger partial charge < -0.3 is 9.84 Å². The van der Waals surface area contributed by atoms with Crippen LogP contribution >= 0.6 is 0 Å². The lowest BCUT2D eigenvalue weighted by atomic mass is 10.0. The molecule has 4 nitrogen and oxygen atoms in total. The first-order valence-electron chi connectivity index (χ1n) is 7.84. The van der Waals surface area contributed by atoms with E-state index < -0.39 is 0 Å². The summed E-state index contributed by atoms with van der Waals surface area (Å²) in [6.07, 6.45) is 5.57. The minimum Gasteiger partial charge on any atom is -0.338 e. The molecule has 1 unspecified atom stereocenters. The molecule has 21 heavy (non-hydrogen) atoms. The Morgan fingerprint density at radius 3 is 2.95 bits per heavy atom. The second-order valence-electron chi connectivity index (χ2n) is 6.00. The van der Waals surface area contributed by atoms with Gasteiger partial charge >= 0.3 is 0 Å². The third-order valence-corrected chi connectivity index (χ3v) is 4.28. The fourth-order valence-electron chi connectivity index (χ4n) is 2.82. The van der Waals surface area contributed by atoms with Gasteiger partial charge in [0.05, 0.1) is 6.04 Å². The molecule has 4 heteroatoms. The van der Waals surface area contributed by atoms with E-state index in [0.29, 0.717) is 0 Å². The number of nitrogens with zero attached hydrogens (tertiary/aromatic N) is 2. The fourth-order valence-corrected chi connectivity index (χ4v) is 2.82. The van der Waals surface area contributed by atoms with E-state index in [2.05, 4.69) is 47.5 Å². The van der Waals surface area contributed by atoms with Crippen molar-refractivity contribution in [3.8, 4) is 0 Å². The molecule has 2 aromatic rings. The van der Waals surface area contributed by atoms with E-state index in [1.54, 1.807) is 0 Å². The van der Waals surface area contributed by atoms with E-state index in [9.17, 15) is 0 Å². The van der Waals surface area contributed by atoms with Gasteiger partial charge in [-0.1, -0.05) is 36.2 Å². The summed E-state index contributed by atoms with van der Waals surface area (Å²) in [5.74, 6) is 1.52. The van der Waals surface area contributed by atoms with E-state index in [0.717, 1.165) is 31.1 Å². The Bertz CT molecular complexity index is 598. The molecule has 0 bridgehead atoms. The lowest BCUT2D eigenvalue weighted by Crippen LogP contribution is -2.20. The second kappa shape index (κ2) is 6.39. The van der Waals surface area contributed by atoms with Crippen molar-refractivity contribution in [1.82, 2.24) is 15.5 Å². The zero-order valence-corrected chi connectivity index (χ0v) is 12.9. The van der Waals surface area contributed by atoms with Gasteiger partial charge in [0.15, 0.2) is 5.82 Å². The molecular formula is C17H23N3O. The van der Waals surface area contributed by atoms with Crippen LogP contribution in [-0.2, 0) is 6.42 Å². The highest BCUT2D eigenvalue weighted by molar-refractivity contribution is 5.31. The van der Waals surface area contributed by atoms with E-state index >= 15 is 0 Å². The summed E-state index contributed by atoms with van der Waals surface area (Å²) in [4.78, 5) is 4.58. The lowest BCUT2D eigenvalue weighted by molar-refractivity contribution is 0.325. The van der Waals surface area contributed by atoms with Crippen molar-refractivity contribution in [2.24, 2.45) is 0 Å². The van der Waals surface area contributed by atoms with Crippen molar-refractivity contribution in [2.45, 2.75) is 52.0 Å². The zero-order chi connectivity index (χ0) is 14.7. The number of nitrogens with one attached hydrogen (secondary N) is 1. The molecule has 1 fully saturated rings. The van der Waals surface area contributed by atoms with E-state index in [1.807, 2.05) is 0 Å². The molecule has 0 saturated carbocycles. The van der Waals surface area contributed by atoms with Gasteiger partial charge in [0.1, 0.15) is 0 Å². The van der Waals surface area contributed by atoms with Crippen LogP contribution in [0.1, 0.15) is 60.1 Å². The Labute approximate surface area is 126 Å². The minimum absolute atomic E-state index is 0.230. The Morgan fingerprint density at radius 1 is 1.19 bits per heavy atom. The number of aryl methyl sites for hydroxylation is 2. The van der Waals surface area contributed by atoms with Crippen molar-refractivity contribution in [2.75, 3.05) is 6.54 Å². The summed E-state index contributed by atoms with van der Waals surface area (Å²) in [6, 6.07) is 6.73. The molecule has 1 aliphatic heterocycles. The van der Waals surface area contributed by atoms with Crippen LogP contribution in [0.2, 0.25) is 0 Å². The standard InChI is InChI=1S/C17H23N3O/c1-12-7-8-14(10-13(12)2)11-16-19-17(21-20-16)15-6-4-3-5-9-18-15/h7-8,10,15,18H,3-6,9,11H2,1-2H3. The molecule has 1 N–H and O–H groups in total. The quantitative estimate of drug-likeness (QED) is 0.938. The maximum absolute atomic E-state index is 5.46. The van der Waals surface area contributed by atoms with Crippen LogP contribution in [-0.4, -0.2) is 16.7 Å². The summed E-state index contributed by atoms with van der Waals surface area (Å²) in [5, 5.41) is 7.64. The van der Waals surface area contributed by atoms with Gasteiger partial charge in [-0.3, -0.25) is 0 Å². The maximum Gasteiger partial charge on any atom is 0.243 e. The third kappa shape index (κ3) is 3.50. The fraction of sp³-hybridized carbons (Fsp3) is 0.529. The second-order valence-corrected chi connectivity index (χ2v) is 6.00. The van der Waals surface area contributed by atoms with Crippen LogP contribution in [0.5, 0.6) is 0 Å². The summed E-state index contributed by atoms with van der Waals surface area (Å²) < 4.78 is 5.46. The van der Waals surface area contributed by atoms with Crippen LogP contribution in [0.4, 0.5) is 0 Å². The van der Waals surface area contributed by atoms with Crippen LogP contribution in [0.3, 0.4) is 0 Å². The molecule has 1 aromatic carbocycles. The van der Waals surface area contributed by atoms with E-state index in [4.69, 9.17) is 4.52 Å². The van der Waals surface area contributed by atoms with Gasteiger partial charge in [0.25, 0.3) is 0 Å². The SMILES string of the molecule is Cc1ccc(Cc2noc(C3CCCCCN3)n2)cc1C. The Morgan fingerprint density at radius 2 is 2.10 bits per heavy atom. The highest BCUT2D eigenvalue weighted by Crippen LogP contribution is 2.22. The normalized spacial score (nSPS) is 19.4. The average molecular weight is 285 g/mol. The number of aromatic nitrogens is 2. The highest BCUT2D eigenvalue weighted by atomic mass is 16.5. The predicted octanol–water partition coefficient (Wildman–Crippen LogP) is 3.48. The van der Waals surface area contributed by atoms with Gasteiger partial charge in [0.2, 0.25) is 5.89 Å². The van der Waals surface area contributed by atoms with Crippen LogP contribution in [0, 0.1) is 13.8 Å². The lowest BCUT2D eigenvalue weighted by Gasteiger charge is -2.09. The van der Waals surface area contributed by atoms with Crippen molar-refractivity contribution in [3.05, 3.63) is 46.6 Å². The first kappa shape index (κ1) is 14.3. The highest BCUT2D eigenvalue weighted by Gasteiger charge is 2.20. The topological polar surface area (TPSA) is 51.0 Å². The van der Waals surface area contributed by atoms with Gasteiger partial charge in [-0.2, -0.15) is 4.98 Å². The molecule has 0 aliphatic carbocycles. The maximum atomic E-state index is 5.46. The summed E-state index contributed by atoms with van der Waals surface area (Å²) in [7, 11) is 0. The Kier molecular flexibility index (Phi) is 4.34. The average Bonchev–Trinajstić information content (AvgIpc) is 2.76. The van der Waals surface area contributed by atoms with Gasteiger partial charge in [0, 0.05) is 6.42 Å². The summed E-state index contributed by atoms with van der Waals surface area (Å²) in [6.45, 7) is 5.30. The largest absolute Gasteiger partial charge is 0.338 e. The first-order valence-corrected chi connectivity index (χ1v) is 7.84. The molecule has 2 heterocycles. The molecule has 1 atom stereocenters. The molecule has 112 valence electrons. The Balaban J connectivity index is 1.70. The van der Waals surface area contributed by atoms with E-state index in [-0.39, 0.29) is 6.04 Å². The summed E-state index contributed by atoms with van der Waals surface area (Å²) >= 11 is 0. The molecule has 1 saturated heterocycles. The van der Waals surface area contributed by atoms with Gasteiger partial charge in [-0.15, -0.1) is 0 Å². The van der Waals surface area contributed by atoms with Crippen molar-refractivity contribution in [1.29, 1.82) is 0 Å². The molecule has 3 rings (SSSR count). The molecule has 0 radical (unpaired) electrons. The first-order chi connectivity index (χ1) is 10.2. The van der Waals surface area contributed by atoms with Crippen molar-refractivity contribution < 1.29 is 4.52 Å².